The highest BCUT2D eigenvalue weighted by Gasteiger charge is 2.43. The molecule has 14 heavy (non-hydrogen) atoms. The van der Waals surface area contributed by atoms with Crippen molar-refractivity contribution in [1.82, 2.24) is 0 Å². The molecule has 3 heteroatoms. The van der Waals surface area contributed by atoms with Crippen LogP contribution in [0.4, 0.5) is 0 Å². The lowest BCUT2D eigenvalue weighted by Gasteiger charge is -2.41. The van der Waals surface area contributed by atoms with Crippen molar-refractivity contribution < 1.29 is 4.79 Å². The molecule has 0 spiro atoms. The van der Waals surface area contributed by atoms with Crippen LogP contribution in [-0.2, 0) is 4.79 Å². The predicted octanol–water partition coefficient (Wildman–Crippen LogP) is 1.43. The SMILES string of the molecule is CC1(C2CC(=O)C(C=CN)=N2)CCC1. The zero-order valence-corrected chi connectivity index (χ0v) is 8.49. The Balaban J connectivity index is 2.14. The summed E-state index contributed by atoms with van der Waals surface area (Å²) in [5, 5.41) is 0. The van der Waals surface area contributed by atoms with E-state index in [4.69, 9.17) is 5.73 Å². The van der Waals surface area contributed by atoms with E-state index < -0.39 is 0 Å². The van der Waals surface area contributed by atoms with Gasteiger partial charge in [0.15, 0.2) is 5.78 Å². The van der Waals surface area contributed by atoms with E-state index in [2.05, 4.69) is 11.9 Å². The van der Waals surface area contributed by atoms with Crippen LogP contribution in [-0.4, -0.2) is 17.5 Å². The second-order valence-corrected chi connectivity index (χ2v) is 4.52. The van der Waals surface area contributed by atoms with Gasteiger partial charge in [-0.05, 0) is 30.5 Å². The number of carbonyl (C=O) groups excluding carboxylic acids is 1. The summed E-state index contributed by atoms with van der Waals surface area (Å²) < 4.78 is 0. The number of aliphatic imine (C=N–C) groups is 1. The number of hydrogen-bond acceptors (Lipinski definition) is 3. The number of hydrogen-bond donors (Lipinski definition) is 1. The van der Waals surface area contributed by atoms with Gasteiger partial charge in [0.1, 0.15) is 5.71 Å². The number of Topliss-reactive ketones (excluding diaryl/α,β-unsaturated/α-hetero) is 1. The molecule has 0 saturated heterocycles. The zero-order chi connectivity index (χ0) is 10.2. The normalized spacial score (nSPS) is 30.5. The molecule has 1 fully saturated rings. The molecule has 2 N–H and O–H groups in total. The summed E-state index contributed by atoms with van der Waals surface area (Å²) in [7, 11) is 0. The maximum Gasteiger partial charge on any atom is 0.182 e. The minimum Gasteiger partial charge on any atom is -0.405 e. The molecule has 3 nitrogen and oxygen atoms in total. The van der Waals surface area contributed by atoms with Gasteiger partial charge in [0.2, 0.25) is 0 Å². The predicted molar refractivity (Wildman–Crippen MR) is 56.1 cm³/mol. The lowest BCUT2D eigenvalue weighted by atomic mass is 9.65. The van der Waals surface area contributed by atoms with Gasteiger partial charge in [-0.3, -0.25) is 9.79 Å². The lowest BCUT2D eigenvalue weighted by molar-refractivity contribution is -0.113. The summed E-state index contributed by atoms with van der Waals surface area (Å²) in [6.45, 7) is 2.23. The van der Waals surface area contributed by atoms with Crippen molar-refractivity contribution in [2.24, 2.45) is 16.1 Å². The average Bonchev–Trinajstić information content (AvgIpc) is 2.45. The van der Waals surface area contributed by atoms with Crippen LogP contribution >= 0.6 is 0 Å². The fraction of sp³-hybridized carbons (Fsp3) is 0.636. The first-order valence-corrected chi connectivity index (χ1v) is 5.15. The minimum atomic E-state index is 0.143. The highest BCUT2D eigenvalue weighted by Crippen LogP contribution is 2.47. The van der Waals surface area contributed by atoms with Gasteiger partial charge in [-0.15, -0.1) is 0 Å². The van der Waals surface area contributed by atoms with Gasteiger partial charge < -0.3 is 5.73 Å². The monoisotopic (exact) mass is 192 g/mol. The van der Waals surface area contributed by atoms with Gasteiger partial charge in [-0.1, -0.05) is 13.3 Å². The van der Waals surface area contributed by atoms with Gasteiger partial charge >= 0.3 is 0 Å². The number of rotatable bonds is 2. The van der Waals surface area contributed by atoms with Crippen LogP contribution in [0.15, 0.2) is 17.3 Å². The van der Waals surface area contributed by atoms with Gasteiger partial charge in [0, 0.05) is 6.42 Å². The second-order valence-electron chi connectivity index (χ2n) is 4.52. The number of carbonyl (C=O) groups is 1. The third-order valence-electron chi connectivity index (χ3n) is 3.51. The van der Waals surface area contributed by atoms with Crippen molar-refractivity contribution in [2.75, 3.05) is 0 Å². The molecule has 0 aromatic rings. The number of allylic oxidation sites excluding steroid dienone is 1. The van der Waals surface area contributed by atoms with Crippen molar-refractivity contribution in [1.29, 1.82) is 0 Å². The van der Waals surface area contributed by atoms with E-state index >= 15 is 0 Å². The molecule has 0 aromatic carbocycles. The van der Waals surface area contributed by atoms with Crippen molar-refractivity contribution in [3.05, 3.63) is 12.3 Å². The maximum atomic E-state index is 11.5. The molecule has 0 radical (unpaired) electrons. The van der Waals surface area contributed by atoms with Crippen molar-refractivity contribution in [3.8, 4) is 0 Å². The van der Waals surface area contributed by atoms with Crippen molar-refractivity contribution >= 4 is 11.5 Å². The standard InChI is InChI=1S/C11H16N2O/c1-11(4-2-5-11)10-7-9(14)8(13-10)3-6-12/h3,6,10H,2,4-5,7,12H2,1H3. The minimum absolute atomic E-state index is 0.143. The fourth-order valence-corrected chi connectivity index (χ4v) is 2.26. The highest BCUT2D eigenvalue weighted by atomic mass is 16.1. The molecule has 2 rings (SSSR count). The van der Waals surface area contributed by atoms with E-state index in [9.17, 15) is 4.79 Å². The average molecular weight is 192 g/mol. The molecule has 0 bridgehead atoms. The number of nitrogens with zero attached hydrogens (tertiary/aromatic N) is 1. The molecule has 76 valence electrons. The molecule has 1 unspecified atom stereocenters. The molecular formula is C11H16N2O. The van der Waals surface area contributed by atoms with E-state index in [0.717, 1.165) is 0 Å². The molecule has 1 saturated carbocycles. The smallest absolute Gasteiger partial charge is 0.182 e. The third kappa shape index (κ3) is 1.37. The van der Waals surface area contributed by atoms with Gasteiger partial charge in [-0.2, -0.15) is 0 Å². The molecular weight excluding hydrogens is 176 g/mol. The molecule has 1 heterocycles. The summed E-state index contributed by atoms with van der Waals surface area (Å²) in [4.78, 5) is 16.0. The number of nitrogens with two attached hydrogens (primary N) is 1. The Labute approximate surface area is 84.1 Å². The van der Waals surface area contributed by atoms with E-state index in [1.807, 2.05) is 0 Å². The Morgan fingerprint density at radius 1 is 1.57 bits per heavy atom. The summed E-state index contributed by atoms with van der Waals surface area (Å²) in [5.74, 6) is 0.143. The van der Waals surface area contributed by atoms with Gasteiger partial charge in [-0.25, -0.2) is 0 Å². The van der Waals surface area contributed by atoms with Gasteiger partial charge in [0.25, 0.3) is 0 Å². The zero-order valence-electron chi connectivity index (χ0n) is 8.49. The summed E-state index contributed by atoms with van der Waals surface area (Å²) in [6, 6.07) is 0.204. The lowest BCUT2D eigenvalue weighted by Crippen LogP contribution is -2.36. The highest BCUT2D eigenvalue weighted by molar-refractivity contribution is 6.45. The first kappa shape index (κ1) is 9.44. The quantitative estimate of drug-likeness (QED) is 0.719. The molecule has 1 atom stereocenters. The van der Waals surface area contributed by atoms with Crippen LogP contribution in [0.25, 0.3) is 0 Å². The Bertz CT molecular complexity index is 313. The summed E-state index contributed by atoms with van der Waals surface area (Å²) in [6.07, 6.45) is 7.27. The largest absolute Gasteiger partial charge is 0.405 e. The van der Waals surface area contributed by atoms with E-state index in [0.29, 0.717) is 12.1 Å². The molecule has 0 amide bonds. The van der Waals surface area contributed by atoms with Gasteiger partial charge in [0.05, 0.1) is 6.04 Å². The Morgan fingerprint density at radius 3 is 2.79 bits per heavy atom. The Kier molecular flexibility index (Phi) is 2.17. The number of ketones is 1. The Hall–Kier alpha value is -1.12. The maximum absolute atomic E-state index is 11.5. The topological polar surface area (TPSA) is 55.5 Å². The van der Waals surface area contributed by atoms with Crippen LogP contribution in [0, 0.1) is 5.41 Å². The summed E-state index contributed by atoms with van der Waals surface area (Å²) in [5.41, 5.74) is 6.10. The molecule has 1 aliphatic carbocycles. The van der Waals surface area contributed by atoms with Crippen LogP contribution in [0.5, 0.6) is 0 Å². The van der Waals surface area contributed by atoms with Crippen LogP contribution in [0.3, 0.4) is 0 Å². The van der Waals surface area contributed by atoms with Crippen LogP contribution in [0.1, 0.15) is 32.6 Å². The van der Waals surface area contributed by atoms with Crippen molar-refractivity contribution in [3.63, 3.8) is 0 Å². The van der Waals surface area contributed by atoms with Crippen molar-refractivity contribution in [2.45, 2.75) is 38.6 Å². The molecule has 0 aromatic heterocycles. The molecule has 1 aliphatic heterocycles. The first-order valence-electron chi connectivity index (χ1n) is 5.15. The third-order valence-corrected chi connectivity index (χ3v) is 3.51. The van der Waals surface area contributed by atoms with Crippen LogP contribution in [0.2, 0.25) is 0 Å². The summed E-state index contributed by atoms with van der Waals surface area (Å²) >= 11 is 0. The van der Waals surface area contributed by atoms with E-state index in [1.54, 1.807) is 6.08 Å². The first-order chi connectivity index (χ1) is 6.65. The van der Waals surface area contributed by atoms with Crippen LogP contribution < -0.4 is 5.73 Å². The molecule has 2 aliphatic rings. The van der Waals surface area contributed by atoms with E-state index in [-0.39, 0.29) is 17.2 Å². The van der Waals surface area contributed by atoms with E-state index in [1.165, 1.54) is 25.5 Å². The fourth-order valence-electron chi connectivity index (χ4n) is 2.26. The Morgan fingerprint density at radius 2 is 2.29 bits per heavy atom. The second kappa shape index (κ2) is 3.23.